The molecule has 0 aliphatic heterocycles. The van der Waals surface area contributed by atoms with Crippen LogP contribution >= 0.6 is 11.8 Å². The van der Waals surface area contributed by atoms with E-state index in [-0.39, 0.29) is 16.5 Å². The Labute approximate surface area is 158 Å². The largest absolute Gasteiger partial charge is 0.461 e. The molecule has 0 aliphatic carbocycles. The van der Waals surface area contributed by atoms with Gasteiger partial charge in [0.2, 0.25) is 0 Å². The smallest absolute Gasteiger partial charge is 0.383 e. The quantitative estimate of drug-likeness (QED) is 0.326. The topological polar surface area (TPSA) is 76.7 Å². The summed E-state index contributed by atoms with van der Waals surface area (Å²) in [5, 5.41) is 0.139. The Balaban J connectivity index is 2.51. The summed E-state index contributed by atoms with van der Waals surface area (Å²) in [6, 6.07) is 10.7. The van der Waals surface area contributed by atoms with E-state index in [0.29, 0.717) is 0 Å². The number of benzene rings is 1. The third-order valence-corrected chi connectivity index (χ3v) is 5.67. The predicted molar refractivity (Wildman–Crippen MR) is 102 cm³/mol. The SMILES string of the molecule is CCOC(=O)C(/C(=N/S(=O)(=O)c1ccc(C)cc1)SC)[n+]1ccccc1. The van der Waals surface area contributed by atoms with Gasteiger partial charge in [0.05, 0.1) is 11.5 Å². The molecule has 0 spiro atoms. The summed E-state index contributed by atoms with van der Waals surface area (Å²) >= 11 is 1.10. The van der Waals surface area contributed by atoms with Gasteiger partial charge in [-0.15, -0.1) is 16.2 Å². The van der Waals surface area contributed by atoms with E-state index < -0.39 is 22.0 Å². The summed E-state index contributed by atoms with van der Waals surface area (Å²) < 4.78 is 36.0. The maximum atomic E-state index is 12.7. The molecule has 26 heavy (non-hydrogen) atoms. The third-order valence-electron chi connectivity index (χ3n) is 3.52. The minimum absolute atomic E-state index is 0.0790. The lowest BCUT2D eigenvalue weighted by Crippen LogP contribution is -2.48. The van der Waals surface area contributed by atoms with Gasteiger partial charge in [-0.3, -0.25) is 0 Å². The Kier molecular flexibility index (Phi) is 6.93. The van der Waals surface area contributed by atoms with Gasteiger partial charge >= 0.3 is 12.0 Å². The molecular weight excluding hydrogens is 372 g/mol. The number of aromatic nitrogens is 1. The van der Waals surface area contributed by atoms with Crippen molar-refractivity contribution in [2.24, 2.45) is 4.40 Å². The Morgan fingerprint density at radius 1 is 1.19 bits per heavy atom. The zero-order valence-electron chi connectivity index (χ0n) is 14.8. The first-order valence-corrected chi connectivity index (χ1v) is 10.6. The first-order valence-electron chi connectivity index (χ1n) is 7.97. The van der Waals surface area contributed by atoms with Crippen LogP contribution in [0.3, 0.4) is 0 Å². The Morgan fingerprint density at radius 2 is 1.81 bits per heavy atom. The van der Waals surface area contributed by atoms with E-state index in [1.54, 1.807) is 60.5 Å². The van der Waals surface area contributed by atoms with Crippen molar-refractivity contribution in [1.82, 2.24) is 0 Å². The number of nitrogens with zero attached hydrogens (tertiary/aromatic N) is 2. The van der Waals surface area contributed by atoms with Gasteiger partial charge < -0.3 is 4.74 Å². The van der Waals surface area contributed by atoms with Gasteiger partial charge in [-0.25, -0.2) is 4.79 Å². The fourth-order valence-corrected chi connectivity index (χ4v) is 4.19. The minimum atomic E-state index is -3.94. The Hall–Kier alpha value is -2.19. The van der Waals surface area contributed by atoms with Crippen molar-refractivity contribution >= 4 is 32.8 Å². The summed E-state index contributed by atoms with van der Waals surface area (Å²) in [5.41, 5.74) is 0.947. The average molecular weight is 394 g/mol. The summed E-state index contributed by atoms with van der Waals surface area (Å²) in [6.07, 6.45) is 5.02. The first-order chi connectivity index (χ1) is 12.4. The van der Waals surface area contributed by atoms with Crippen molar-refractivity contribution in [2.45, 2.75) is 24.8 Å². The van der Waals surface area contributed by atoms with Gasteiger partial charge in [-0.05, 0) is 32.2 Å². The molecule has 0 aliphatic rings. The molecule has 1 heterocycles. The molecule has 8 heteroatoms. The van der Waals surface area contributed by atoms with E-state index in [2.05, 4.69) is 4.40 Å². The number of carbonyl (C=O) groups excluding carboxylic acids is 1. The number of pyridine rings is 1. The summed E-state index contributed by atoms with van der Waals surface area (Å²) in [4.78, 5) is 12.6. The van der Waals surface area contributed by atoms with Crippen LogP contribution in [0.15, 0.2) is 64.2 Å². The minimum Gasteiger partial charge on any atom is -0.461 e. The fraction of sp³-hybridized carbons (Fsp3) is 0.278. The molecule has 6 nitrogen and oxygen atoms in total. The number of ether oxygens (including phenoxy) is 1. The van der Waals surface area contributed by atoms with E-state index in [1.165, 1.54) is 12.1 Å². The van der Waals surface area contributed by atoms with Crippen LogP contribution in [0.1, 0.15) is 18.5 Å². The molecule has 0 N–H and O–H groups in total. The molecule has 138 valence electrons. The standard InChI is InChI=1S/C18H21N2O4S2/c1-4-24-18(21)16(20-12-6-5-7-13-20)17(25-3)19-26(22,23)15-10-8-14(2)9-11-15/h5-13,16H,4H2,1-3H3/q+1/b19-17-. The van der Waals surface area contributed by atoms with Crippen LogP contribution in [0.25, 0.3) is 0 Å². The van der Waals surface area contributed by atoms with E-state index >= 15 is 0 Å². The van der Waals surface area contributed by atoms with Crippen molar-refractivity contribution in [3.8, 4) is 0 Å². The van der Waals surface area contributed by atoms with E-state index in [0.717, 1.165) is 17.3 Å². The zero-order chi connectivity index (χ0) is 19.2. The lowest BCUT2D eigenvalue weighted by atomic mass is 10.2. The summed E-state index contributed by atoms with van der Waals surface area (Å²) in [6.45, 7) is 3.76. The number of hydrogen-bond acceptors (Lipinski definition) is 5. The number of aryl methyl sites for hydroxylation is 1. The van der Waals surface area contributed by atoms with Crippen LogP contribution in [0.2, 0.25) is 0 Å². The van der Waals surface area contributed by atoms with Crippen molar-refractivity contribution in [3.05, 3.63) is 60.4 Å². The van der Waals surface area contributed by atoms with E-state index in [4.69, 9.17) is 4.74 Å². The number of hydrogen-bond donors (Lipinski definition) is 0. The highest BCUT2D eigenvalue weighted by molar-refractivity contribution is 8.14. The second-order valence-corrected chi connectivity index (χ2v) is 7.83. The normalized spacial score (nSPS) is 13.3. The number of sulfonamides is 1. The highest BCUT2D eigenvalue weighted by Gasteiger charge is 2.36. The van der Waals surface area contributed by atoms with Gasteiger partial charge in [0.15, 0.2) is 17.4 Å². The lowest BCUT2D eigenvalue weighted by molar-refractivity contribution is -0.694. The molecule has 0 saturated heterocycles. The van der Waals surface area contributed by atoms with Crippen LogP contribution in [0.4, 0.5) is 0 Å². The van der Waals surface area contributed by atoms with Gasteiger partial charge in [0.1, 0.15) is 0 Å². The third kappa shape index (κ3) is 4.92. The zero-order valence-corrected chi connectivity index (χ0v) is 16.5. The van der Waals surface area contributed by atoms with Crippen LogP contribution in [-0.2, 0) is 19.6 Å². The molecule has 1 atom stereocenters. The first kappa shape index (κ1) is 20.1. The Bertz CT molecular complexity index is 879. The average Bonchev–Trinajstić information content (AvgIpc) is 2.62. The molecule has 1 unspecified atom stereocenters. The monoisotopic (exact) mass is 393 g/mol. The number of carbonyl (C=O) groups is 1. The molecule has 2 aromatic rings. The molecule has 0 saturated carbocycles. The maximum Gasteiger partial charge on any atom is 0.383 e. The highest BCUT2D eigenvalue weighted by Crippen LogP contribution is 2.19. The van der Waals surface area contributed by atoms with Crippen LogP contribution in [0, 0.1) is 6.92 Å². The predicted octanol–water partition coefficient (Wildman–Crippen LogP) is 2.54. The van der Waals surface area contributed by atoms with Gasteiger partial charge in [0.25, 0.3) is 10.0 Å². The highest BCUT2D eigenvalue weighted by atomic mass is 32.2. The molecule has 0 fully saturated rings. The second kappa shape index (κ2) is 8.95. The van der Waals surface area contributed by atoms with Crippen LogP contribution in [-0.4, -0.2) is 32.3 Å². The van der Waals surface area contributed by atoms with Crippen LogP contribution in [0.5, 0.6) is 0 Å². The number of thioether (sulfide) groups is 1. The van der Waals surface area contributed by atoms with Gasteiger partial charge in [0, 0.05) is 12.1 Å². The van der Waals surface area contributed by atoms with E-state index in [1.807, 2.05) is 6.92 Å². The number of rotatable bonds is 6. The molecule has 0 amide bonds. The summed E-state index contributed by atoms with van der Waals surface area (Å²) in [7, 11) is -3.94. The van der Waals surface area contributed by atoms with Crippen molar-refractivity contribution in [3.63, 3.8) is 0 Å². The lowest BCUT2D eigenvalue weighted by Gasteiger charge is -2.12. The molecule has 2 rings (SSSR count). The number of esters is 1. The molecular formula is C18H21N2O4S2+. The van der Waals surface area contributed by atoms with Crippen molar-refractivity contribution < 1.29 is 22.5 Å². The van der Waals surface area contributed by atoms with Crippen molar-refractivity contribution in [2.75, 3.05) is 12.9 Å². The summed E-state index contributed by atoms with van der Waals surface area (Å²) in [5.74, 6) is -0.559. The molecule has 0 radical (unpaired) electrons. The fourth-order valence-electron chi connectivity index (χ4n) is 2.24. The maximum absolute atomic E-state index is 12.7. The molecule has 0 bridgehead atoms. The molecule has 1 aromatic carbocycles. The second-order valence-electron chi connectivity index (χ2n) is 5.40. The van der Waals surface area contributed by atoms with Crippen molar-refractivity contribution in [1.29, 1.82) is 0 Å². The van der Waals surface area contributed by atoms with Gasteiger partial charge in [-0.2, -0.15) is 13.0 Å². The van der Waals surface area contributed by atoms with Gasteiger partial charge in [-0.1, -0.05) is 23.8 Å². The molecule has 1 aromatic heterocycles. The Morgan fingerprint density at radius 3 is 2.35 bits per heavy atom. The van der Waals surface area contributed by atoms with E-state index in [9.17, 15) is 13.2 Å². The van der Waals surface area contributed by atoms with Crippen LogP contribution < -0.4 is 4.57 Å².